The summed E-state index contributed by atoms with van der Waals surface area (Å²) >= 11 is 4.38. The van der Waals surface area contributed by atoms with Crippen LogP contribution in [0.5, 0.6) is 0 Å². The van der Waals surface area contributed by atoms with Crippen LogP contribution in [-0.4, -0.2) is 23.3 Å². The quantitative estimate of drug-likeness (QED) is 0.841. The van der Waals surface area contributed by atoms with Crippen LogP contribution in [0.15, 0.2) is 16.6 Å². The lowest BCUT2D eigenvalue weighted by Gasteiger charge is -2.19. The van der Waals surface area contributed by atoms with E-state index in [2.05, 4.69) is 15.9 Å². The number of carbonyl (C=O) groups is 2. The van der Waals surface area contributed by atoms with E-state index in [0.717, 1.165) is 0 Å². The van der Waals surface area contributed by atoms with Gasteiger partial charge in [0.05, 0.1) is 11.4 Å². The van der Waals surface area contributed by atoms with Gasteiger partial charge in [-0.25, -0.2) is 4.39 Å². The Balaban J connectivity index is 2.18. The zero-order valence-electron chi connectivity index (χ0n) is 10.9. The average molecular weight is 361 g/mol. The molecule has 0 bridgehead atoms. The molecule has 7 heteroatoms. The lowest BCUT2D eigenvalue weighted by atomic mass is 10.1. The molecule has 1 aliphatic rings. The van der Waals surface area contributed by atoms with Crippen LogP contribution in [0, 0.1) is 11.7 Å². The standard InChI is InChI=1S/C13H14BrFN2O2S/c1-7(18)20-6-8-2-12(19)17(5-8)11-4-9(15)3-10(14)13(11)16/h3-4,8H,2,5-6,16H2,1H3. The van der Waals surface area contributed by atoms with Gasteiger partial charge in [0.25, 0.3) is 0 Å². The number of nitrogens with zero attached hydrogens (tertiary/aromatic N) is 1. The van der Waals surface area contributed by atoms with Gasteiger partial charge in [-0.2, -0.15) is 0 Å². The molecule has 0 aliphatic carbocycles. The Hall–Kier alpha value is -1.08. The molecular weight excluding hydrogens is 347 g/mol. The summed E-state index contributed by atoms with van der Waals surface area (Å²) in [7, 11) is 0. The molecule has 4 nitrogen and oxygen atoms in total. The number of hydrogen-bond donors (Lipinski definition) is 1. The van der Waals surface area contributed by atoms with Crippen LogP contribution in [0.1, 0.15) is 13.3 Å². The first-order chi connectivity index (χ1) is 9.38. The van der Waals surface area contributed by atoms with Gasteiger partial charge in [-0.3, -0.25) is 9.59 Å². The van der Waals surface area contributed by atoms with Crippen LogP contribution >= 0.6 is 27.7 Å². The number of benzene rings is 1. The predicted molar refractivity (Wildman–Crippen MR) is 82.1 cm³/mol. The van der Waals surface area contributed by atoms with Crippen LogP contribution in [0.3, 0.4) is 0 Å². The van der Waals surface area contributed by atoms with E-state index in [9.17, 15) is 14.0 Å². The van der Waals surface area contributed by atoms with E-state index in [-0.39, 0.29) is 16.9 Å². The number of hydrogen-bond acceptors (Lipinski definition) is 4. The third-order valence-corrected chi connectivity index (χ3v) is 4.79. The first kappa shape index (κ1) is 15.3. The highest BCUT2D eigenvalue weighted by molar-refractivity contribution is 9.10. The van der Waals surface area contributed by atoms with Crippen molar-refractivity contribution in [1.82, 2.24) is 0 Å². The van der Waals surface area contributed by atoms with Gasteiger partial charge in [0.2, 0.25) is 5.91 Å². The van der Waals surface area contributed by atoms with Crippen molar-refractivity contribution in [1.29, 1.82) is 0 Å². The van der Waals surface area contributed by atoms with E-state index >= 15 is 0 Å². The molecule has 1 saturated heterocycles. The number of carbonyl (C=O) groups excluding carboxylic acids is 2. The molecule has 0 aromatic heterocycles. The Kier molecular flexibility index (Phi) is 4.70. The maximum atomic E-state index is 13.5. The molecule has 1 aromatic carbocycles. The second-order valence-electron chi connectivity index (χ2n) is 4.70. The zero-order chi connectivity index (χ0) is 14.9. The van der Waals surface area contributed by atoms with Crippen molar-refractivity contribution >= 4 is 50.1 Å². The van der Waals surface area contributed by atoms with E-state index in [4.69, 9.17) is 5.73 Å². The van der Waals surface area contributed by atoms with E-state index in [0.29, 0.717) is 34.6 Å². The Morgan fingerprint density at radius 1 is 1.60 bits per heavy atom. The summed E-state index contributed by atoms with van der Waals surface area (Å²) in [5.74, 6) is 0.130. The summed E-state index contributed by atoms with van der Waals surface area (Å²) in [5, 5.41) is 0.0314. The van der Waals surface area contributed by atoms with Crippen LogP contribution in [-0.2, 0) is 9.59 Å². The van der Waals surface area contributed by atoms with E-state index in [1.807, 2.05) is 0 Å². The molecule has 1 atom stereocenters. The number of rotatable bonds is 3. The van der Waals surface area contributed by atoms with Gasteiger partial charge in [-0.05, 0) is 34.0 Å². The topological polar surface area (TPSA) is 63.4 Å². The Morgan fingerprint density at radius 3 is 2.95 bits per heavy atom. The second kappa shape index (κ2) is 6.13. The molecule has 0 spiro atoms. The Labute approximate surface area is 129 Å². The van der Waals surface area contributed by atoms with Crippen LogP contribution in [0.25, 0.3) is 0 Å². The molecule has 0 radical (unpaired) electrons. The largest absolute Gasteiger partial charge is 0.396 e. The lowest BCUT2D eigenvalue weighted by molar-refractivity contribution is -0.117. The predicted octanol–water partition coefficient (Wildman–Crippen LogP) is 2.80. The normalized spacial score (nSPS) is 18.6. The number of amides is 1. The first-order valence-electron chi connectivity index (χ1n) is 6.06. The van der Waals surface area contributed by atoms with Crippen LogP contribution in [0.4, 0.5) is 15.8 Å². The fourth-order valence-electron chi connectivity index (χ4n) is 2.16. The minimum Gasteiger partial charge on any atom is -0.396 e. The summed E-state index contributed by atoms with van der Waals surface area (Å²) in [4.78, 5) is 24.5. The van der Waals surface area contributed by atoms with Crippen molar-refractivity contribution in [3.05, 3.63) is 22.4 Å². The number of thioether (sulfide) groups is 1. The van der Waals surface area contributed by atoms with Gasteiger partial charge in [0, 0.05) is 30.1 Å². The summed E-state index contributed by atoms with van der Waals surface area (Å²) in [6.45, 7) is 1.96. The molecule has 1 amide bonds. The molecule has 2 rings (SSSR count). The van der Waals surface area contributed by atoms with E-state index in [1.165, 1.54) is 35.7 Å². The van der Waals surface area contributed by atoms with Gasteiger partial charge in [-0.15, -0.1) is 0 Å². The molecule has 1 aromatic rings. The maximum absolute atomic E-state index is 13.5. The molecule has 0 saturated carbocycles. The SMILES string of the molecule is CC(=O)SCC1CC(=O)N(c2cc(F)cc(Br)c2N)C1. The van der Waals surface area contributed by atoms with Gasteiger partial charge in [0.1, 0.15) is 5.82 Å². The Bertz CT molecular complexity index is 568. The summed E-state index contributed by atoms with van der Waals surface area (Å²) in [6.07, 6.45) is 0.355. The fraction of sp³-hybridized carbons (Fsp3) is 0.385. The van der Waals surface area contributed by atoms with E-state index < -0.39 is 5.82 Å². The van der Waals surface area contributed by atoms with Crippen LogP contribution in [0.2, 0.25) is 0 Å². The molecular formula is C13H14BrFN2O2S. The smallest absolute Gasteiger partial charge is 0.227 e. The van der Waals surface area contributed by atoms with Crippen molar-refractivity contribution < 1.29 is 14.0 Å². The van der Waals surface area contributed by atoms with Gasteiger partial charge in [0.15, 0.2) is 5.12 Å². The van der Waals surface area contributed by atoms with Crippen molar-refractivity contribution in [3.8, 4) is 0 Å². The summed E-state index contributed by atoms with van der Waals surface area (Å²) in [6, 6.07) is 2.53. The fourth-order valence-corrected chi connectivity index (χ4v) is 3.27. The number of nitrogens with two attached hydrogens (primary N) is 1. The number of nitrogen functional groups attached to an aromatic ring is 1. The van der Waals surface area contributed by atoms with Gasteiger partial charge < -0.3 is 10.6 Å². The third-order valence-electron chi connectivity index (χ3n) is 3.09. The van der Waals surface area contributed by atoms with Gasteiger partial charge in [-0.1, -0.05) is 11.8 Å². The van der Waals surface area contributed by atoms with Crippen molar-refractivity contribution in [2.45, 2.75) is 13.3 Å². The number of halogens is 2. The molecule has 1 unspecified atom stereocenters. The number of anilines is 2. The maximum Gasteiger partial charge on any atom is 0.227 e. The highest BCUT2D eigenvalue weighted by Crippen LogP contribution is 2.35. The lowest BCUT2D eigenvalue weighted by Crippen LogP contribution is -2.26. The third kappa shape index (κ3) is 3.32. The zero-order valence-corrected chi connectivity index (χ0v) is 13.3. The molecule has 20 heavy (non-hydrogen) atoms. The monoisotopic (exact) mass is 360 g/mol. The van der Waals surface area contributed by atoms with Gasteiger partial charge >= 0.3 is 0 Å². The second-order valence-corrected chi connectivity index (χ2v) is 6.75. The average Bonchev–Trinajstić information content (AvgIpc) is 2.72. The molecule has 108 valence electrons. The highest BCUT2D eigenvalue weighted by atomic mass is 79.9. The molecule has 1 fully saturated rings. The van der Waals surface area contributed by atoms with Crippen molar-refractivity contribution in [2.24, 2.45) is 5.92 Å². The van der Waals surface area contributed by atoms with Crippen molar-refractivity contribution in [2.75, 3.05) is 22.9 Å². The molecule has 1 heterocycles. The minimum atomic E-state index is -0.449. The molecule has 2 N–H and O–H groups in total. The van der Waals surface area contributed by atoms with Crippen molar-refractivity contribution in [3.63, 3.8) is 0 Å². The highest BCUT2D eigenvalue weighted by Gasteiger charge is 2.32. The van der Waals surface area contributed by atoms with Crippen LogP contribution < -0.4 is 10.6 Å². The summed E-state index contributed by atoms with van der Waals surface area (Å²) in [5.41, 5.74) is 6.63. The minimum absolute atomic E-state index is 0.0314. The first-order valence-corrected chi connectivity index (χ1v) is 7.84. The Morgan fingerprint density at radius 2 is 2.30 bits per heavy atom. The van der Waals surface area contributed by atoms with E-state index in [1.54, 1.807) is 0 Å². The summed E-state index contributed by atoms with van der Waals surface area (Å²) < 4.78 is 13.9. The molecule has 1 aliphatic heterocycles.